The van der Waals surface area contributed by atoms with Crippen LogP contribution in [-0.2, 0) is 19.7 Å². The summed E-state index contributed by atoms with van der Waals surface area (Å²) < 4.78 is 31.7. The number of anilines is 2. The van der Waals surface area contributed by atoms with Gasteiger partial charge in [0, 0.05) is 11.4 Å². The van der Waals surface area contributed by atoms with Crippen LogP contribution in [0.1, 0.15) is 5.56 Å². The van der Waals surface area contributed by atoms with Crippen LogP contribution in [0, 0.1) is 6.92 Å². The van der Waals surface area contributed by atoms with Gasteiger partial charge in [-0.3, -0.25) is 9.35 Å². The smallest absolute Gasteiger partial charge is 0.352 e. The number of nitrogens with zero attached hydrogens (tertiary/aromatic N) is 2. The van der Waals surface area contributed by atoms with Crippen LogP contribution in [0.15, 0.2) is 22.0 Å². The van der Waals surface area contributed by atoms with E-state index in [9.17, 15) is 18.0 Å². The van der Waals surface area contributed by atoms with E-state index in [-0.39, 0.29) is 30.2 Å². The summed E-state index contributed by atoms with van der Waals surface area (Å²) in [6.45, 7) is 1.19. The number of hydrogen-bond donors (Lipinski definition) is 3. The van der Waals surface area contributed by atoms with Crippen LogP contribution in [0.3, 0.4) is 0 Å². The Morgan fingerprint density at radius 2 is 2.00 bits per heavy atom. The number of nitrogens with two attached hydrogens (primary N) is 1. The lowest BCUT2D eigenvalue weighted by Gasteiger charge is -2.28. The Kier molecular flexibility index (Phi) is 3.90. The summed E-state index contributed by atoms with van der Waals surface area (Å²) in [7, 11) is -4.48. The largest absolute Gasteiger partial charge is 0.477 e. The van der Waals surface area contributed by atoms with E-state index in [4.69, 9.17) is 15.4 Å². The van der Waals surface area contributed by atoms with E-state index in [2.05, 4.69) is 4.99 Å². The summed E-state index contributed by atoms with van der Waals surface area (Å²) >= 11 is 0. The number of nitrogen functional groups attached to an aromatic ring is 1. The lowest BCUT2D eigenvalue weighted by molar-refractivity contribution is -0.130. The summed E-state index contributed by atoms with van der Waals surface area (Å²) in [6, 6.07) is 2.23. The molecule has 10 heteroatoms. The van der Waals surface area contributed by atoms with Crippen molar-refractivity contribution in [2.75, 3.05) is 23.7 Å². The fraction of sp³-hybridized carbons (Fsp3) is 0.250. The SMILES string of the molecule is Cc1c(N)cc(S(=O)(=O)O)cc1N1CC(=O)N=C(C(=O)O)C1. The third-order valence-electron chi connectivity index (χ3n) is 3.21. The second-order valence-electron chi connectivity index (χ2n) is 4.75. The first-order valence-corrected chi connectivity index (χ1v) is 7.50. The number of hydrogen-bond acceptors (Lipinski definition) is 6. The number of carbonyl (C=O) groups is 2. The molecule has 9 nitrogen and oxygen atoms in total. The Morgan fingerprint density at radius 3 is 2.55 bits per heavy atom. The number of carboxylic acids is 1. The quantitative estimate of drug-likeness (QED) is 0.505. The van der Waals surface area contributed by atoms with Gasteiger partial charge in [0.1, 0.15) is 5.71 Å². The van der Waals surface area contributed by atoms with Crippen LogP contribution < -0.4 is 10.6 Å². The first kappa shape index (κ1) is 15.9. The zero-order chi connectivity index (χ0) is 16.7. The Bertz CT molecular complexity index is 799. The standard InChI is InChI=1S/C12H13N3O6S/c1-6-8(13)2-7(22(19,20)21)3-10(6)15-4-9(12(17)18)14-11(16)5-15/h2-3H,4-5,13H2,1H3,(H,17,18)(H,19,20,21). The van der Waals surface area contributed by atoms with Gasteiger partial charge in [-0.15, -0.1) is 0 Å². The van der Waals surface area contributed by atoms with Crippen LogP contribution in [0.5, 0.6) is 0 Å². The van der Waals surface area contributed by atoms with Gasteiger partial charge in [-0.25, -0.2) is 9.79 Å². The fourth-order valence-corrected chi connectivity index (χ4v) is 2.61. The maximum Gasteiger partial charge on any atom is 0.352 e. The number of carbonyl (C=O) groups excluding carboxylic acids is 1. The maximum atomic E-state index is 11.5. The minimum absolute atomic E-state index is 0.0944. The van der Waals surface area contributed by atoms with E-state index in [0.29, 0.717) is 5.56 Å². The van der Waals surface area contributed by atoms with Crippen LogP contribution in [0.25, 0.3) is 0 Å². The predicted octanol–water partition coefficient (Wildman–Crippen LogP) is -0.304. The number of carboxylic acid groups (broad SMARTS) is 1. The summed E-state index contributed by atoms with van der Waals surface area (Å²) in [5.74, 6) is -2.01. The molecule has 0 atom stereocenters. The van der Waals surface area contributed by atoms with Gasteiger partial charge in [0.25, 0.3) is 16.0 Å². The minimum atomic E-state index is -4.48. The summed E-state index contributed by atoms with van der Waals surface area (Å²) in [6.07, 6.45) is 0. The fourth-order valence-electron chi connectivity index (χ4n) is 2.08. The first-order chi connectivity index (χ1) is 10.1. The molecular weight excluding hydrogens is 314 g/mol. The number of rotatable bonds is 3. The molecule has 0 spiro atoms. The molecule has 0 saturated carbocycles. The van der Waals surface area contributed by atoms with Gasteiger partial charge in [0.05, 0.1) is 18.0 Å². The van der Waals surface area contributed by atoms with Crippen molar-refractivity contribution in [2.45, 2.75) is 11.8 Å². The van der Waals surface area contributed by atoms with Gasteiger partial charge in [0.2, 0.25) is 0 Å². The molecule has 2 rings (SSSR count). The molecular formula is C12H13N3O6S. The molecule has 1 aliphatic rings. The average Bonchev–Trinajstić information content (AvgIpc) is 2.39. The lowest BCUT2D eigenvalue weighted by Crippen LogP contribution is -2.42. The van der Waals surface area contributed by atoms with Crippen molar-refractivity contribution in [1.29, 1.82) is 0 Å². The molecule has 1 amide bonds. The van der Waals surface area contributed by atoms with Crippen molar-refractivity contribution in [2.24, 2.45) is 4.99 Å². The van der Waals surface area contributed by atoms with Gasteiger partial charge in [-0.2, -0.15) is 8.42 Å². The molecule has 22 heavy (non-hydrogen) atoms. The molecule has 118 valence electrons. The Labute approximate surface area is 125 Å². The minimum Gasteiger partial charge on any atom is -0.477 e. The predicted molar refractivity (Wildman–Crippen MR) is 77.7 cm³/mol. The molecule has 1 aliphatic heterocycles. The Hall–Kier alpha value is -2.46. The molecule has 0 fully saturated rings. The van der Waals surface area contributed by atoms with Gasteiger partial charge >= 0.3 is 5.97 Å². The van der Waals surface area contributed by atoms with E-state index < -0.39 is 26.9 Å². The average molecular weight is 327 g/mol. The zero-order valence-corrected chi connectivity index (χ0v) is 12.3. The van der Waals surface area contributed by atoms with E-state index in [1.54, 1.807) is 6.92 Å². The zero-order valence-electron chi connectivity index (χ0n) is 11.5. The van der Waals surface area contributed by atoms with E-state index >= 15 is 0 Å². The highest BCUT2D eigenvalue weighted by molar-refractivity contribution is 7.85. The first-order valence-electron chi connectivity index (χ1n) is 6.06. The van der Waals surface area contributed by atoms with Crippen LogP contribution in [0.2, 0.25) is 0 Å². The lowest BCUT2D eigenvalue weighted by atomic mass is 10.1. The van der Waals surface area contributed by atoms with Crippen molar-refractivity contribution in [1.82, 2.24) is 0 Å². The molecule has 1 heterocycles. The molecule has 0 aliphatic carbocycles. The Balaban J connectivity index is 2.53. The monoisotopic (exact) mass is 327 g/mol. The number of aliphatic imine (C=N–C) groups is 1. The molecule has 4 N–H and O–H groups in total. The van der Waals surface area contributed by atoms with Crippen molar-refractivity contribution in [3.05, 3.63) is 17.7 Å². The van der Waals surface area contributed by atoms with Crippen LogP contribution in [0.4, 0.5) is 11.4 Å². The molecule has 1 aromatic carbocycles. The van der Waals surface area contributed by atoms with Gasteiger partial charge in [-0.1, -0.05) is 0 Å². The number of benzene rings is 1. The van der Waals surface area contributed by atoms with Crippen molar-refractivity contribution >= 4 is 39.1 Å². The van der Waals surface area contributed by atoms with E-state index in [0.717, 1.165) is 12.1 Å². The van der Waals surface area contributed by atoms with E-state index in [1.165, 1.54) is 4.90 Å². The van der Waals surface area contributed by atoms with Crippen molar-refractivity contribution < 1.29 is 27.7 Å². The molecule has 0 unspecified atom stereocenters. The molecule has 0 bridgehead atoms. The molecule has 0 aromatic heterocycles. The number of aliphatic carboxylic acids is 1. The summed E-state index contributed by atoms with van der Waals surface area (Å²) in [5.41, 5.74) is 6.17. The van der Waals surface area contributed by atoms with Crippen LogP contribution >= 0.6 is 0 Å². The summed E-state index contributed by atoms with van der Waals surface area (Å²) in [4.78, 5) is 26.9. The third kappa shape index (κ3) is 3.07. The van der Waals surface area contributed by atoms with Crippen molar-refractivity contribution in [3.8, 4) is 0 Å². The van der Waals surface area contributed by atoms with Gasteiger partial charge in [0.15, 0.2) is 0 Å². The second kappa shape index (κ2) is 5.39. The topological polar surface area (TPSA) is 150 Å². The second-order valence-corrected chi connectivity index (χ2v) is 6.17. The van der Waals surface area contributed by atoms with E-state index in [1.807, 2.05) is 0 Å². The van der Waals surface area contributed by atoms with Gasteiger partial charge in [-0.05, 0) is 24.6 Å². The third-order valence-corrected chi connectivity index (χ3v) is 4.04. The molecule has 1 aromatic rings. The normalized spacial score (nSPS) is 15.6. The maximum absolute atomic E-state index is 11.5. The highest BCUT2D eigenvalue weighted by Crippen LogP contribution is 2.30. The van der Waals surface area contributed by atoms with Crippen molar-refractivity contribution in [3.63, 3.8) is 0 Å². The Morgan fingerprint density at radius 1 is 1.36 bits per heavy atom. The highest BCUT2D eigenvalue weighted by Gasteiger charge is 2.26. The highest BCUT2D eigenvalue weighted by atomic mass is 32.2. The van der Waals surface area contributed by atoms with Crippen LogP contribution in [-0.4, -0.2) is 48.8 Å². The summed E-state index contributed by atoms with van der Waals surface area (Å²) in [5, 5.41) is 8.96. The number of amides is 1. The molecule has 0 radical (unpaired) electrons. The molecule has 0 saturated heterocycles. The van der Waals surface area contributed by atoms with Gasteiger partial charge < -0.3 is 15.7 Å².